The highest BCUT2D eigenvalue weighted by Crippen LogP contribution is 2.27. The maximum atomic E-state index is 11.7. The minimum Gasteiger partial charge on any atom is -0.481 e. The number of halogens is 2. The molecule has 0 saturated heterocycles. The summed E-state index contributed by atoms with van der Waals surface area (Å²) in [6, 6.07) is 2.55. The lowest BCUT2D eigenvalue weighted by molar-refractivity contribution is -0.145. The molecule has 20 heavy (non-hydrogen) atoms. The van der Waals surface area contributed by atoms with E-state index in [-0.39, 0.29) is 15.7 Å². The average molecular weight is 320 g/mol. The molecular formula is C12H11Cl2NO5. The van der Waals surface area contributed by atoms with Gasteiger partial charge in [0.2, 0.25) is 5.91 Å². The molecule has 0 heterocycles. The predicted molar refractivity (Wildman–Crippen MR) is 73.3 cm³/mol. The normalized spacial score (nSPS) is 11.8. The Bertz CT molecular complexity index is 541. The van der Waals surface area contributed by atoms with E-state index in [1.165, 1.54) is 18.2 Å². The van der Waals surface area contributed by atoms with E-state index in [4.69, 9.17) is 33.4 Å². The Labute approximate surface area is 124 Å². The number of benzene rings is 1. The van der Waals surface area contributed by atoms with Gasteiger partial charge in [-0.05, 0) is 18.2 Å². The molecule has 0 spiro atoms. The molecule has 0 fully saturated rings. The number of anilines is 1. The predicted octanol–water partition coefficient (Wildman–Crippen LogP) is 2.27. The molecular weight excluding hydrogens is 309 g/mol. The second-order valence-corrected chi connectivity index (χ2v) is 4.84. The summed E-state index contributed by atoms with van der Waals surface area (Å²) in [5, 5.41) is 18.3. The summed E-state index contributed by atoms with van der Waals surface area (Å²) in [6.45, 7) is 1.13. The lowest BCUT2D eigenvalue weighted by Gasteiger charge is -2.27. The molecule has 1 aromatic rings. The van der Waals surface area contributed by atoms with Crippen molar-refractivity contribution in [2.45, 2.75) is 19.4 Å². The standard InChI is InChI=1S/C12H11Cl2NO5/c1-6(16)15(10(12(19)20)5-11(17)18)9-3-7(13)2-8(14)4-9/h2-4,10H,5H2,1H3,(H,17,18)(H,19,20). The van der Waals surface area contributed by atoms with Crippen LogP contribution in [0.15, 0.2) is 18.2 Å². The van der Waals surface area contributed by atoms with Crippen LogP contribution in [0.2, 0.25) is 10.0 Å². The van der Waals surface area contributed by atoms with Gasteiger partial charge in [-0.15, -0.1) is 0 Å². The lowest BCUT2D eigenvalue weighted by Crippen LogP contribution is -2.45. The Morgan fingerprint density at radius 3 is 2.00 bits per heavy atom. The second kappa shape index (κ2) is 6.58. The van der Waals surface area contributed by atoms with Gasteiger partial charge in [0.1, 0.15) is 6.04 Å². The fourth-order valence-corrected chi connectivity index (χ4v) is 2.23. The fourth-order valence-electron chi connectivity index (χ4n) is 1.71. The van der Waals surface area contributed by atoms with Crippen LogP contribution in [0.5, 0.6) is 0 Å². The highest BCUT2D eigenvalue weighted by atomic mass is 35.5. The van der Waals surface area contributed by atoms with Crippen LogP contribution in [0.1, 0.15) is 13.3 Å². The summed E-state index contributed by atoms with van der Waals surface area (Å²) in [5.74, 6) is -3.40. The van der Waals surface area contributed by atoms with Gasteiger partial charge < -0.3 is 10.2 Å². The van der Waals surface area contributed by atoms with Crippen molar-refractivity contribution in [2.24, 2.45) is 0 Å². The maximum absolute atomic E-state index is 11.7. The van der Waals surface area contributed by atoms with Crippen LogP contribution in [-0.4, -0.2) is 34.1 Å². The first-order chi connectivity index (χ1) is 9.22. The van der Waals surface area contributed by atoms with Gasteiger partial charge in [-0.1, -0.05) is 23.2 Å². The van der Waals surface area contributed by atoms with E-state index in [2.05, 4.69) is 0 Å². The zero-order valence-corrected chi connectivity index (χ0v) is 11.9. The highest BCUT2D eigenvalue weighted by molar-refractivity contribution is 6.35. The van der Waals surface area contributed by atoms with Crippen molar-refractivity contribution in [1.82, 2.24) is 0 Å². The van der Waals surface area contributed by atoms with E-state index in [0.717, 1.165) is 11.8 Å². The summed E-state index contributed by atoms with van der Waals surface area (Å²) in [4.78, 5) is 34.5. The van der Waals surface area contributed by atoms with Crippen LogP contribution >= 0.6 is 23.2 Å². The van der Waals surface area contributed by atoms with E-state index >= 15 is 0 Å². The van der Waals surface area contributed by atoms with Gasteiger partial charge in [0.25, 0.3) is 0 Å². The van der Waals surface area contributed by atoms with Crippen molar-refractivity contribution in [3.63, 3.8) is 0 Å². The minimum absolute atomic E-state index is 0.128. The molecule has 0 aliphatic carbocycles. The number of hydrogen-bond donors (Lipinski definition) is 2. The Morgan fingerprint density at radius 2 is 1.65 bits per heavy atom. The Hall–Kier alpha value is -1.79. The monoisotopic (exact) mass is 319 g/mol. The first kappa shape index (κ1) is 16.3. The van der Waals surface area contributed by atoms with Crippen molar-refractivity contribution < 1.29 is 24.6 Å². The fraction of sp³-hybridized carbons (Fsp3) is 0.250. The van der Waals surface area contributed by atoms with Crippen LogP contribution in [-0.2, 0) is 14.4 Å². The minimum atomic E-state index is -1.54. The number of carbonyl (C=O) groups excluding carboxylic acids is 1. The molecule has 1 aromatic carbocycles. The summed E-state index contributed by atoms with van der Waals surface area (Å²) in [7, 11) is 0. The third kappa shape index (κ3) is 4.11. The number of aliphatic carboxylic acids is 2. The summed E-state index contributed by atoms with van der Waals surface area (Å²) < 4.78 is 0. The van der Waals surface area contributed by atoms with E-state index in [1.807, 2.05) is 0 Å². The smallest absolute Gasteiger partial charge is 0.327 e. The molecule has 0 saturated carbocycles. The highest BCUT2D eigenvalue weighted by Gasteiger charge is 2.31. The summed E-state index contributed by atoms with van der Waals surface area (Å²) in [6.07, 6.45) is -0.737. The van der Waals surface area contributed by atoms with Crippen molar-refractivity contribution in [3.8, 4) is 0 Å². The molecule has 0 aliphatic rings. The van der Waals surface area contributed by atoms with Gasteiger partial charge in [0, 0.05) is 22.7 Å². The zero-order chi connectivity index (χ0) is 15.4. The molecule has 1 amide bonds. The van der Waals surface area contributed by atoms with Gasteiger partial charge in [-0.2, -0.15) is 0 Å². The van der Waals surface area contributed by atoms with Gasteiger partial charge >= 0.3 is 11.9 Å². The number of nitrogens with zero attached hydrogens (tertiary/aromatic N) is 1. The Morgan fingerprint density at radius 1 is 1.15 bits per heavy atom. The largest absolute Gasteiger partial charge is 0.481 e. The summed E-state index contributed by atoms with van der Waals surface area (Å²) >= 11 is 11.6. The van der Waals surface area contributed by atoms with Crippen LogP contribution < -0.4 is 4.90 Å². The Kier molecular flexibility index (Phi) is 5.35. The van der Waals surface area contributed by atoms with E-state index < -0.39 is 30.3 Å². The molecule has 108 valence electrons. The van der Waals surface area contributed by atoms with E-state index in [9.17, 15) is 14.4 Å². The molecule has 1 unspecified atom stereocenters. The molecule has 1 atom stereocenters. The first-order valence-corrected chi connectivity index (χ1v) is 6.18. The quantitative estimate of drug-likeness (QED) is 0.868. The van der Waals surface area contributed by atoms with Crippen LogP contribution in [0, 0.1) is 0 Å². The molecule has 0 bridgehead atoms. The van der Waals surface area contributed by atoms with Gasteiger partial charge in [0.15, 0.2) is 0 Å². The van der Waals surface area contributed by atoms with Crippen molar-refractivity contribution in [3.05, 3.63) is 28.2 Å². The number of rotatable bonds is 5. The van der Waals surface area contributed by atoms with Crippen LogP contribution in [0.4, 0.5) is 5.69 Å². The lowest BCUT2D eigenvalue weighted by atomic mass is 10.1. The average Bonchev–Trinajstić information content (AvgIpc) is 2.25. The third-order valence-corrected chi connectivity index (χ3v) is 2.87. The second-order valence-electron chi connectivity index (χ2n) is 3.97. The molecule has 0 aromatic heterocycles. The molecule has 8 heteroatoms. The first-order valence-electron chi connectivity index (χ1n) is 5.43. The van der Waals surface area contributed by atoms with Crippen LogP contribution in [0.25, 0.3) is 0 Å². The number of carbonyl (C=O) groups is 3. The SMILES string of the molecule is CC(=O)N(c1cc(Cl)cc(Cl)c1)C(CC(=O)O)C(=O)O. The molecule has 2 N–H and O–H groups in total. The van der Waals surface area contributed by atoms with Gasteiger partial charge in [0.05, 0.1) is 6.42 Å². The topological polar surface area (TPSA) is 94.9 Å². The van der Waals surface area contributed by atoms with Crippen molar-refractivity contribution in [2.75, 3.05) is 4.90 Å². The van der Waals surface area contributed by atoms with Crippen molar-refractivity contribution in [1.29, 1.82) is 0 Å². The molecule has 1 rings (SSSR count). The zero-order valence-electron chi connectivity index (χ0n) is 10.3. The van der Waals surface area contributed by atoms with E-state index in [1.54, 1.807) is 0 Å². The van der Waals surface area contributed by atoms with Gasteiger partial charge in [-0.25, -0.2) is 4.79 Å². The third-order valence-electron chi connectivity index (χ3n) is 2.43. The maximum Gasteiger partial charge on any atom is 0.327 e. The molecule has 0 aliphatic heterocycles. The number of hydrogen-bond acceptors (Lipinski definition) is 3. The number of carboxylic acids is 2. The number of carboxylic acid groups (broad SMARTS) is 2. The van der Waals surface area contributed by atoms with Crippen LogP contribution in [0.3, 0.4) is 0 Å². The molecule has 0 radical (unpaired) electrons. The van der Waals surface area contributed by atoms with Gasteiger partial charge in [-0.3, -0.25) is 14.5 Å². The Balaban J connectivity index is 3.30. The van der Waals surface area contributed by atoms with E-state index in [0.29, 0.717) is 0 Å². The summed E-state index contributed by atoms with van der Waals surface area (Å²) in [5.41, 5.74) is 0.128. The number of amides is 1. The van der Waals surface area contributed by atoms with Crippen molar-refractivity contribution >= 4 is 46.7 Å². The molecule has 6 nitrogen and oxygen atoms in total.